The first-order valence-electron chi connectivity index (χ1n) is 10.5. The number of hydrogen-bond acceptors (Lipinski definition) is 8. The monoisotopic (exact) mass is 645 g/mol. The van der Waals surface area contributed by atoms with Gasteiger partial charge in [0, 0.05) is 20.4 Å². The summed E-state index contributed by atoms with van der Waals surface area (Å²) < 4.78 is 38.0. The first-order valence-corrected chi connectivity index (χ1v) is 13.5. The number of anilines is 3. The van der Waals surface area contributed by atoms with Gasteiger partial charge in [0.25, 0.3) is 0 Å². The quantitative estimate of drug-likeness (QED) is 0.157. The second kappa shape index (κ2) is 11.6. The van der Waals surface area contributed by atoms with Gasteiger partial charge in [-0.15, -0.1) is 12.4 Å². The molecule has 0 saturated carbocycles. The number of aromatic nitrogens is 1. The maximum atomic E-state index is 11.6. The van der Waals surface area contributed by atoms with Crippen LogP contribution >= 0.6 is 35.0 Å². The third-order valence-corrected chi connectivity index (χ3v) is 6.41. The largest absolute Gasteiger partial charge is 0.494 e. The molecule has 0 bridgehead atoms. The van der Waals surface area contributed by atoms with Gasteiger partial charge in [-0.3, -0.25) is 4.72 Å². The summed E-state index contributed by atoms with van der Waals surface area (Å²) in [7, 11) is -1.93. The van der Waals surface area contributed by atoms with Crippen LogP contribution in [0.5, 0.6) is 11.5 Å². The van der Waals surface area contributed by atoms with Gasteiger partial charge in [-0.25, -0.2) is 13.4 Å². The molecule has 0 radical (unpaired) electrons. The van der Waals surface area contributed by atoms with Crippen LogP contribution in [0, 0.1) is 3.57 Å². The first-order chi connectivity index (χ1) is 16.7. The Morgan fingerprint density at radius 3 is 2.56 bits per heavy atom. The Hall–Kier alpha value is -2.58. The van der Waals surface area contributed by atoms with Gasteiger partial charge in [0.05, 0.1) is 42.6 Å². The van der Waals surface area contributed by atoms with Crippen LogP contribution in [-0.2, 0) is 10.0 Å². The molecule has 0 fully saturated rings. The van der Waals surface area contributed by atoms with Crippen LogP contribution in [0.25, 0.3) is 21.8 Å². The molecule has 1 unspecified atom stereocenters. The summed E-state index contributed by atoms with van der Waals surface area (Å²) in [6.07, 6.45) is 0.0779. The topological polar surface area (TPSA) is 130 Å². The van der Waals surface area contributed by atoms with Crippen LogP contribution in [-0.4, -0.2) is 56.3 Å². The number of fused-ring (bicyclic) bond motifs is 2. The Bertz CT molecular complexity index is 1500. The maximum Gasteiger partial charge on any atom is 0.229 e. The van der Waals surface area contributed by atoms with Crippen LogP contribution < -0.4 is 19.5 Å². The van der Waals surface area contributed by atoms with Crippen molar-refractivity contribution in [1.82, 2.24) is 4.98 Å². The van der Waals surface area contributed by atoms with Gasteiger partial charge < -0.3 is 25.0 Å². The molecule has 0 spiro atoms. The molecule has 4 aromatic rings. The highest BCUT2D eigenvalue weighted by atomic mass is 127. The number of hydrogen-bond donors (Lipinski definition) is 4. The van der Waals surface area contributed by atoms with Gasteiger partial charge in [0.15, 0.2) is 0 Å². The van der Waals surface area contributed by atoms with E-state index in [1.807, 2.05) is 30.3 Å². The number of methoxy groups -OCH3 is 1. The van der Waals surface area contributed by atoms with E-state index in [0.717, 1.165) is 31.8 Å². The van der Waals surface area contributed by atoms with E-state index >= 15 is 0 Å². The summed E-state index contributed by atoms with van der Waals surface area (Å²) in [5, 5.41) is 23.9. The predicted molar refractivity (Wildman–Crippen MR) is 153 cm³/mol. The van der Waals surface area contributed by atoms with Crippen molar-refractivity contribution in [1.29, 1.82) is 0 Å². The summed E-state index contributed by atoms with van der Waals surface area (Å²) in [4.78, 5) is 4.82. The molecule has 1 heterocycles. The van der Waals surface area contributed by atoms with E-state index in [-0.39, 0.29) is 19.0 Å². The SMILES string of the molecule is COc1cc(NS(C)(=O)=O)ccc1Nc1c2ccc(I)cc2nc2c(OCC(O)CO)cccc12.Cl. The third-order valence-electron chi connectivity index (χ3n) is 5.14. The summed E-state index contributed by atoms with van der Waals surface area (Å²) >= 11 is 2.22. The summed E-state index contributed by atoms with van der Waals surface area (Å²) in [6.45, 7) is -0.483. The van der Waals surface area contributed by atoms with Gasteiger partial charge in [-0.2, -0.15) is 0 Å². The Morgan fingerprint density at radius 1 is 1.08 bits per heavy atom. The fraction of sp³-hybridized carbons (Fsp3) is 0.208. The first kappa shape index (κ1) is 28.0. The lowest BCUT2D eigenvalue weighted by atomic mass is 10.1. The molecule has 36 heavy (non-hydrogen) atoms. The molecule has 3 aromatic carbocycles. The Balaban J connectivity index is 0.00000361. The van der Waals surface area contributed by atoms with Crippen molar-refractivity contribution in [2.75, 3.05) is 36.6 Å². The lowest BCUT2D eigenvalue weighted by Gasteiger charge is -2.18. The second-order valence-electron chi connectivity index (χ2n) is 7.86. The molecule has 0 aliphatic heterocycles. The number of sulfonamides is 1. The van der Waals surface area contributed by atoms with Crippen LogP contribution in [0.3, 0.4) is 0 Å². The van der Waals surface area contributed by atoms with E-state index in [1.165, 1.54) is 7.11 Å². The number of para-hydroxylation sites is 1. The average molecular weight is 646 g/mol. The minimum atomic E-state index is -3.44. The zero-order valence-corrected chi connectivity index (χ0v) is 23.1. The highest BCUT2D eigenvalue weighted by Gasteiger charge is 2.16. The van der Waals surface area contributed by atoms with Crippen LogP contribution in [0.2, 0.25) is 0 Å². The minimum Gasteiger partial charge on any atom is -0.494 e. The number of aliphatic hydroxyl groups is 2. The lowest BCUT2D eigenvalue weighted by Crippen LogP contribution is -2.21. The van der Waals surface area contributed by atoms with E-state index in [1.54, 1.807) is 24.3 Å². The molecule has 192 valence electrons. The number of pyridine rings is 1. The van der Waals surface area contributed by atoms with Crippen LogP contribution in [0.4, 0.5) is 17.1 Å². The third kappa shape index (κ3) is 6.40. The molecule has 1 atom stereocenters. The molecular formula is C24H25ClIN3O6S. The molecule has 4 N–H and O–H groups in total. The van der Waals surface area contributed by atoms with Gasteiger partial charge in [-0.05, 0) is 59.0 Å². The van der Waals surface area contributed by atoms with E-state index in [4.69, 9.17) is 19.6 Å². The van der Waals surface area contributed by atoms with Crippen molar-refractivity contribution in [2.45, 2.75) is 6.10 Å². The molecule has 0 aliphatic carbocycles. The highest BCUT2D eigenvalue weighted by molar-refractivity contribution is 14.1. The van der Waals surface area contributed by atoms with Crippen molar-refractivity contribution in [3.8, 4) is 11.5 Å². The molecule has 0 aliphatic rings. The van der Waals surface area contributed by atoms with Crippen LogP contribution in [0.15, 0.2) is 54.6 Å². The Labute approximate surface area is 228 Å². The smallest absolute Gasteiger partial charge is 0.229 e. The molecule has 0 amide bonds. The van der Waals surface area contributed by atoms with E-state index < -0.39 is 22.7 Å². The minimum absolute atomic E-state index is 0. The van der Waals surface area contributed by atoms with Gasteiger partial charge in [0.1, 0.15) is 29.7 Å². The average Bonchev–Trinajstić information content (AvgIpc) is 2.82. The fourth-order valence-electron chi connectivity index (χ4n) is 3.61. The number of nitrogens with zero attached hydrogens (tertiary/aromatic N) is 1. The van der Waals surface area contributed by atoms with Crippen molar-refractivity contribution in [3.05, 3.63) is 58.2 Å². The van der Waals surface area contributed by atoms with Gasteiger partial charge in [0.2, 0.25) is 10.0 Å². The lowest BCUT2D eigenvalue weighted by molar-refractivity contribution is 0.0540. The van der Waals surface area contributed by atoms with Crippen molar-refractivity contribution < 1.29 is 28.1 Å². The predicted octanol–water partition coefficient (Wildman–Crippen LogP) is 4.27. The van der Waals surface area contributed by atoms with Crippen LogP contribution in [0.1, 0.15) is 0 Å². The number of ether oxygens (including phenoxy) is 2. The van der Waals surface area contributed by atoms with Crippen molar-refractivity contribution in [3.63, 3.8) is 0 Å². The van der Waals surface area contributed by atoms with E-state index in [0.29, 0.717) is 28.4 Å². The van der Waals surface area contributed by atoms with E-state index in [2.05, 4.69) is 32.6 Å². The van der Waals surface area contributed by atoms with Crippen molar-refractivity contribution >= 4 is 83.9 Å². The molecular weight excluding hydrogens is 621 g/mol. The number of halogens is 2. The number of rotatable bonds is 9. The van der Waals surface area contributed by atoms with E-state index in [9.17, 15) is 13.5 Å². The summed E-state index contributed by atoms with van der Waals surface area (Å²) in [5.74, 6) is 0.916. The fourth-order valence-corrected chi connectivity index (χ4v) is 4.64. The van der Waals surface area contributed by atoms with Gasteiger partial charge in [-0.1, -0.05) is 12.1 Å². The highest BCUT2D eigenvalue weighted by Crippen LogP contribution is 2.39. The van der Waals surface area contributed by atoms with Crippen molar-refractivity contribution in [2.24, 2.45) is 0 Å². The standard InChI is InChI=1S/C24H24IN3O6S.ClH/c1-33-22-11-15(28-35(2,31)32)7-9-19(22)26-23-17-8-6-14(25)10-20(17)27-24-18(23)4-3-5-21(24)34-13-16(30)12-29;/h3-11,16,28-30H,12-13H2,1-2H3,(H,26,27);1H. The molecule has 0 saturated heterocycles. The summed E-state index contributed by atoms with van der Waals surface area (Å²) in [6, 6.07) is 16.4. The zero-order valence-electron chi connectivity index (χ0n) is 19.4. The molecule has 12 heteroatoms. The Kier molecular flexibility index (Phi) is 9.06. The molecule has 4 rings (SSSR count). The normalized spacial score (nSPS) is 12.1. The summed E-state index contributed by atoms with van der Waals surface area (Å²) in [5.41, 5.74) is 3.09. The van der Waals surface area contributed by atoms with Gasteiger partial charge >= 0.3 is 0 Å². The molecule has 1 aromatic heterocycles. The second-order valence-corrected chi connectivity index (χ2v) is 10.9. The number of benzene rings is 3. The maximum absolute atomic E-state index is 11.6. The zero-order chi connectivity index (χ0) is 25.2. The number of nitrogens with one attached hydrogen (secondary N) is 2. The Morgan fingerprint density at radius 2 is 1.86 bits per heavy atom. The number of aliphatic hydroxyl groups excluding tert-OH is 2. The molecule has 9 nitrogen and oxygen atoms in total.